The number of carbonyl (C=O) groups is 2. The molecular weight excluding hydrogens is 542 g/mol. The number of nitrogens with zero attached hydrogens (tertiary/aromatic N) is 2. The summed E-state index contributed by atoms with van der Waals surface area (Å²) in [7, 11) is 0. The van der Waals surface area contributed by atoms with Crippen LogP contribution in [0.15, 0.2) is 66.7 Å². The summed E-state index contributed by atoms with van der Waals surface area (Å²) in [4.78, 5) is 30.2. The molecule has 1 saturated heterocycles. The van der Waals surface area contributed by atoms with Gasteiger partial charge in [0.15, 0.2) is 11.5 Å². The Morgan fingerprint density at radius 2 is 1.49 bits per heavy atom. The molecular formula is C32H36ClN3O5. The summed E-state index contributed by atoms with van der Waals surface area (Å²) in [5, 5.41) is 3.52. The molecule has 0 saturated carbocycles. The molecule has 216 valence electrons. The van der Waals surface area contributed by atoms with Gasteiger partial charge < -0.3 is 29.3 Å². The van der Waals surface area contributed by atoms with E-state index in [-0.39, 0.29) is 11.8 Å². The highest BCUT2D eigenvalue weighted by Gasteiger charge is 2.24. The van der Waals surface area contributed by atoms with Crippen LogP contribution >= 0.6 is 11.6 Å². The molecule has 4 rings (SSSR count). The molecule has 0 aliphatic carbocycles. The highest BCUT2D eigenvalue weighted by molar-refractivity contribution is 6.31. The first-order valence-corrected chi connectivity index (χ1v) is 14.3. The van der Waals surface area contributed by atoms with Crippen molar-refractivity contribution in [3.63, 3.8) is 0 Å². The van der Waals surface area contributed by atoms with Crippen molar-refractivity contribution in [3.05, 3.63) is 82.9 Å². The van der Waals surface area contributed by atoms with Gasteiger partial charge in [-0.1, -0.05) is 41.9 Å². The average molecular weight is 578 g/mol. The predicted molar refractivity (Wildman–Crippen MR) is 164 cm³/mol. The van der Waals surface area contributed by atoms with E-state index in [0.717, 1.165) is 11.3 Å². The number of nitrogens with one attached hydrogen (secondary N) is 1. The number of benzene rings is 3. The SMILES string of the molecule is CCOc1cc(C(=O)Nc2cc(Cl)ccc2N2CCN(C(=O)/C=C/c3ccccc3)CC2)cc(OCC)c1OCC. The summed E-state index contributed by atoms with van der Waals surface area (Å²) in [6.45, 7) is 9.20. The second-order valence-corrected chi connectivity index (χ2v) is 9.71. The lowest BCUT2D eigenvalue weighted by molar-refractivity contribution is -0.126. The summed E-state index contributed by atoms with van der Waals surface area (Å²) in [5.74, 6) is 1.00. The fourth-order valence-corrected chi connectivity index (χ4v) is 4.78. The number of hydrogen-bond acceptors (Lipinski definition) is 6. The van der Waals surface area contributed by atoms with Crippen LogP contribution in [0.1, 0.15) is 36.7 Å². The summed E-state index contributed by atoms with van der Waals surface area (Å²) < 4.78 is 17.3. The molecule has 3 aromatic rings. The number of amides is 2. The fourth-order valence-electron chi connectivity index (χ4n) is 4.60. The molecule has 1 aliphatic heterocycles. The molecule has 1 aliphatic rings. The smallest absolute Gasteiger partial charge is 0.255 e. The Balaban J connectivity index is 1.49. The van der Waals surface area contributed by atoms with E-state index < -0.39 is 0 Å². The first-order chi connectivity index (χ1) is 19.9. The van der Waals surface area contributed by atoms with E-state index in [1.807, 2.05) is 68.1 Å². The first-order valence-electron chi connectivity index (χ1n) is 13.9. The lowest BCUT2D eigenvalue weighted by Crippen LogP contribution is -2.48. The Morgan fingerprint density at radius 1 is 0.854 bits per heavy atom. The van der Waals surface area contributed by atoms with Gasteiger partial charge in [-0.2, -0.15) is 0 Å². The molecule has 1 N–H and O–H groups in total. The second-order valence-electron chi connectivity index (χ2n) is 9.27. The molecule has 0 unspecified atom stereocenters. The number of ether oxygens (including phenoxy) is 3. The Hall–Kier alpha value is -4.17. The van der Waals surface area contributed by atoms with Gasteiger partial charge in [-0.15, -0.1) is 0 Å². The van der Waals surface area contributed by atoms with Crippen LogP contribution in [-0.2, 0) is 4.79 Å². The minimum atomic E-state index is -0.335. The van der Waals surface area contributed by atoms with Gasteiger partial charge in [0.2, 0.25) is 11.7 Å². The number of anilines is 2. The maximum Gasteiger partial charge on any atom is 0.255 e. The lowest BCUT2D eigenvalue weighted by atomic mass is 10.1. The number of piperazine rings is 1. The maximum atomic E-state index is 13.5. The van der Waals surface area contributed by atoms with Gasteiger partial charge in [0.1, 0.15) is 0 Å². The van der Waals surface area contributed by atoms with Crippen LogP contribution < -0.4 is 24.4 Å². The molecule has 1 heterocycles. The van der Waals surface area contributed by atoms with E-state index in [2.05, 4.69) is 10.2 Å². The molecule has 9 heteroatoms. The zero-order valence-corrected chi connectivity index (χ0v) is 24.4. The van der Waals surface area contributed by atoms with Gasteiger partial charge in [-0.25, -0.2) is 0 Å². The van der Waals surface area contributed by atoms with Crippen molar-refractivity contribution in [2.75, 3.05) is 56.2 Å². The second kappa shape index (κ2) is 14.5. The molecule has 2 amide bonds. The zero-order valence-electron chi connectivity index (χ0n) is 23.7. The third-order valence-electron chi connectivity index (χ3n) is 6.53. The first kappa shape index (κ1) is 29.8. The largest absolute Gasteiger partial charge is 0.490 e. The highest BCUT2D eigenvalue weighted by Crippen LogP contribution is 2.40. The maximum absolute atomic E-state index is 13.5. The number of hydrogen-bond donors (Lipinski definition) is 1. The predicted octanol–water partition coefficient (Wildman–Crippen LogP) is 6.15. The van der Waals surface area contributed by atoms with Crippen molar-refractivity contribution in [2.24, 2.45) is 0 Å². The van der Waals surface area contributed by atoms with Crippen LogP contribution in [-0.4, -0.2) is 62.7 Å². The molecule has 8 nitrogen and oxygen atoms in total. The van der Waals surface area contributed by atoms with Gasteiger partial charge in [0.05, 0.1) is 31.2 Å². The van der Waals surface area contributed by atoms with Gasteiger partial charge in [-0.05, 0) is 62.7 Å². The van der Waals surface area contributed by atoms with Gasteiger partial charge in [0, 0.05) is 42.8 Å². The van der Waals surface area contributed by atoms with E-state index in [1.165, 1.54) is 0 Å². The lowest BCUT2D eigenvalue weighted by Gasteiger charge is -2.36. The van der Waals surface area contributed by atoms with Crippen molar-refractivity contribution < 1.29 is 23.8 Å². The van der Waals surface area contributed by atoms with Crippen molar-refractivity contribution in [1.29, 1.82) is 0 Å². The standard InChI is InChI=1S/C32H36ClN3O5/c1-4-39-28-20-24(21-29(40-5-2)31(28)41-6-3)32(38)34-26-22-25(33)13-14-27(26)35-16-18-36(19-17-35)30(37)15-12-23-10-8-7-9-11-23/h7-15,20-22H,4-6,16-19H2,1-3H3,(H,34,38)/b15-12+. The summed E-state index contributed by atoms with van der Waals surface area (Å²) in [5.41, 5.74) is 2.76. The van der Waals surface area contributed by atoms with E-state index in [0.29, 0.717) is 79.5 Å². The monoisotopic (exact) mass is 577 g/mol. The normalized spacial score (nSPS) is 13.3. The minimum Gasteiger partial charge on any atom is -0.490 e. The zero-order chi connectivity index (χ0) is 29.2. The van der Waals surface area contributed by atoms with Crippen LogP contribution in [0.4, 0.5) is 11.4 Å². The van der Waals surface area contributed by atoms with Crippen molar-refractivity contribution in [1.82, 2.24) is 4.90 Å². The van der Waals surface area contributed by atoms with Crippen LogP contribution in [0, 0.1) is 0 Å². The summed E-state index contributed by atoms with van der Waals surface area (Å²) in [6.07, 6.45) is 3.44. The molecule has 41 heavy (non-hydrogen) atoms. The van der Waals surface area contributed by atoms with Crippen molar-refractivity contribution in [2.45, 2.75) is 20.8 Å². The number of halogens is 1. The molecule has 0 bridgehead atoms. The topological polar surface area (TPSA) is 80.3 Å². The molecule has 0 aromatic heterocycles. The Bertz CT molecular complexity index is 1340. The highest BCUT2D eigenvalue weighted by atomic mass is 35.5. The summed E-state index contributed by atoms with van der Waals surface area (Å²) in [6, 6.07) is 18.5. The van der Waals surface area contributed by atoms with Crippen molar-refractivity contribution >= 4 is 40.9 Å². The van der Waals surface area contributed by atoms with E-state index in [1.54, 1.807) is 30.3 Å². The van der Waals surface area contributed by atoms with Gasteiger partial charge >= 0.3 is 0 Å². The van der Waals surface area contributed by atoms with E-state index >= 15 is 0 Å². The number of rotatable bonds is 11. The van der Waals surface area contributed by atoms with Crippen LogP contribution in [0.25, 0.3) is 6.08 Å². The third-order valence-corrected chi connectivity index (χ3v) is 6.76. The third kappa shape index (κ3) is 7.73. The molecule has 1 fully saturated rings. The van der Waals surface area contributed by atoms with Gasteiger partial charge in [-0.3, -0.25) is 9.59 Å². The Morgan fingerprint density at radius 3 is 2.10 bits per heavy atom. The Labute approximate surface area is 246 Å². The molecule has 0 spiro atoms. The average Bonchev–Trinajstić information content (AvgIpc) is 2.98. The Kier molecular flexibility index (Phi) is 10.5. The van der Waals surface area contributed by atoms with Gasteiger partial charge in [0.25, 0.3) is 5.91 Å². The minimum absolute atomic E-state index is 0.0242. The van der Waals surface area contributed by atoms with Crippen LogP contribution in [0.3, 0.4) is 0 Å². The van der Waals surface area contributed by atoms with Crippen LogP contribution in [0.2, 0.25) is 5.02 Å². The fraction of sp³-hybridized carbons (Fsp3) is 0.312. The summed E-state index contributed by atoms with van der Waals surface area (Å²) >= 11 is 6.34. The van der Waals surface area contributed by atoms with E-state index in [9.17, 15) is 9.59 Å². The quantitative estimate of drug-likeness (QED) is 0.275. The van der Waals surface area contributed by atoms with E-state index in [4.69, 9.17) is 25.8 Å². The number of carbonyl (C=O) groups excluding carboxylic acids is 2. The molecule has 0 radical (unpaired) electrons. The van der Waals surface area contributed by atoms with Crippen molar-refractivity contribution in [3.8, 4) is 17.2 Å². The molecule has 3 aromatic carbocycles. The molecule has 0 atom stereocenters. The van der Waals surface area contributed by atoms with Crippen LogP contribution in [0.5, 0.6) is 17.2 Å².